The number of nitrogens with one attached hydrogen (secondary N) is 1. The molecule has 0 saturated carbocycles. The van der Waals surface area contributed by atoms with Gasteiger partial charge in [-0.25, -0.2) is 4.79 Å². The number of hydrogen-bond donors (Lipinski definition) is 1. The van der Waals surface area contributed by atoms with E-state index in [9.17, 15) is 9.59 Å². The minimum Gasteiger partial charge on any atom is -0.448 e. The molecular weight excluding hydrogens is 348 g/mol. The molecule has 0 bridgehead atoms. The number of nitriles is 1. The summed E-state index contributed by atoms with van der Waals surface area (Å²) in [6, 6.07) is 10.6. The zero-order valence-corrected chi connectivity index (χ0v) is 15.4. The third-order valence-electron chi connectivity index (χ3n) is 4.41. The molecule has 1 amide bonds. The molecule has 26 heavy (non-hydrogen) atoms. The van der Waals surface area contributed by atoms with Crippen molar-refractivity contribution in [1.29, 1.82) is 5.26 Å². The number of amides is 1. The fraction of sp³-hybridized carbons (Fsp3) is 0.350. The second-order valence-electron chi connectivity index (χ2n) is 6.31. The predicted octanol–water partition coefficient (Wildman–Crippen LogP) is 4.07. The van der Waals surface area contributed by atoms with Gasteiger partial charge in [-0.15, -0.1) is 11.3 Å². The zero-order valence-electron chi connectivity index (χ0n) is 14.6. The first kappa shape index (κ1) is 18.2. The molecule has 1 aromatic heterocycles. The summed E-state index contributed by atoms with van der Waals surface area (Å²) in [5.41, 5.74) is 2.01. The van der Waals surface area contributed by atoms with Gasteiger partial charge >= 0.3 is 5.97 Å². The summed E-state index contributed by atoms with van der Waals surface area (Å²) in [4.78, 5) is 26.5. The molecule has 0 fully saturated rings. The molecule has 0 saturated heterocycles. The summed E-state index contributed by atoms with van der Waals surface area (Å²) < 4.78 is 5.33. The quantitative estimate of drug-likeness (QED) is 0.652. The molecule has 6 heteroatoms. The van der Waals surface area contributed by atoms with Crippen LogP contribution >= 0.6 is 11.3 Å². The van der Waals surface area contributed by atoms with Crippen LogP contribution in [0.25, 0.3) is 0 Å². The lowest BCUT2D eigenvalue weighted by atomic mass is 10.1. The molecule has 0 spiro atoms. The maximum Gasteiger partial charge on any atom is 0.349 e. The van der Waals surface area contributed by atoms with Crippen LogP contribution in [0.1, 0.15) is 51.9 Å². The molecule has 134 valence electrons. The van der Waals surface area contributed by atoms with E-state index in [1.54, 1.807) is 24.3 Å². The number of esters is 1. The van der Waals surface area contributed by atoms with Gasteiger partial charge in [0, 0.05) is 4.88 Å². The van der Waals surface area contributed by atoms with Gasteiger partial charge in [-0.05, 0) is 56.4 Å². The lowest BCUT2D eigenvalue weighted by molar-refractivity contribution is -0.123. The molecule has 1 N–H and O–H groups in total. The maximum atomic E-state index is 12.4. The highest BCUT2D eigenvalue weighted by Gasteiger charge is 2.23. The van der Waals surface area contributed by atoms with Crippen molar-refractivity contribution in [2.45, 2.75) is 45.1 Å². The van der Waals surface area contributed by atoms with Gasteiger partial charge in [0.05, 0.1) is 11.3 Å². The third kappa shape index (κ3) is 4.12. The van der Waals surface area contributed by atoms with Gasteiger partial charge in [-0.2, -0.15) is 5.26 Å². The summed E-state index contributed by atoms with van der Waals surface area (Å²) in [5.74, 6) is -0.932. The van der Waals surface area contributed by atoms with E-state index in [4.69, 9.17) is 10.00 Å². The first-order valence-electron chi connectivity index (χ1n) is 8.71. The van der Waals surface area contributed by atoms with Crippen molar-refractivity contribution >= 4 is 28.9 Å². The highest BCUT2D eigenvalue weighted by molar-refractivity contribution is 7.14. The molecule has 3 rings (SSSR count). The largest absolute Gasteiger partial charge is 0.448 e. The summed E-state index contributed by atoms with van der Waals surface area (Å²) in [7, 11) is 0. The minimum absolute atomic E-state index is 0.362. The van der Waals surface area contributed by atoms with E-state index in [0.29, 0.717) is 16.1 Å². The number of carbonyl (C=O) groups is 2. The molecule has 1 unspecified atom stereocenters. The van der Waals surface area contributed by atoms with E-state index in [2.05, 4.69) is 5.32 Å². The number of carbonyl (C=O) groups excluding carboxylic acids is 2. The third-order valence-corrected chi connectivity index (χ3v) is 5.62. The van der Waals surface area contributed by atoms with Gasteiger partial charge in [-0.3, -0.25) is 4.79 Å². The average molecular weight is 368 g/mol. The first-order valence-corrected chi connectivity index (χ1v) is 9.52. The highest BCUT2D eigenvalue weighted by atomic mass is 32.1. The molecule has 2 aromatic rings. The van der Waals surface area contributed by atoms with E-state index in [1.165, 1.54) is 35.1 Å². The number of fused-ring (bicyclic) bond motifs is 1. The van der Waals surface area contributed by atoms with Crippen LogP contribution in [0.5, 0.6) is 0 Å². The molecule has 1 atom stereocenters. The predicted molar refractivity (Wildman–Crippen MR) is 100 cm³/mol. The SMILES string of the molecule is CC(OC(=O)c1cc2c(s1)CCCCC2)C(=O)Nc1ccccc1C#N. The minimum atomic E-state index is -0.948. The van der Waals surface area contributed by atoms with E-state index >= 15 is 0 Å². The highest BCUT2D eigenvalue weighted by Crippen LogP contribution is 2.29. The van der Waals surface area contributed by atoms with E-state index in [-0.39, 0.29) is 0 Å². The molecule has 5 nitrogen and oxygen atoms in total. The van der Waals surface area contributed by atoms with Gasteiger partial charge in [0.2, 0.25) is 0 Å². The average Bonchev–Trinajstić information content (AvgIpc) is 2.93. The van der Waals surface area contributed by atoms with Gasteiger partial charge in [0.25, 0.3) is 5.91 Å². The van der Waals surface area contributed by atoms with E-state index < -0.39 is 18.0 Å². The number of anilines is 1. The summed E-state index contributed by atoms with van der Waals surface area (Å²) in [5, 5.41) is 11.7. The van der Waals surface area contributed by atoms with Crippen molar-refractivity contribution in [3.8, 4) is 6.07 Å². The smallest absolute Gasteiger partial charge is 0.349 e. The number of rotatable bonds is 4. The fourth-order valence-electron chi connectivity index (χ4n) is 2.96. The van der Waals surface area contributed by atoms with E-state index in [0.717, 1.165) is 25.7 Å². The van der Waals surface area contributed by atoms with Crippen LogP contribution in [0.3, 0.4) is 0 Å². The molecule has 1 aliphatic carbocycles. The molecule has 0 aliphatic heterocycles. The van der Waals surface area contributed by atoms with Crippen molar-refractivity contribution < 1.29 is 14.3 Å². The Labute approximate surface area is 156 Å². The van der Waals surface area contributed by atoms with Crippen LogP contribution in [-0.4, -0.2) is 18.0 Å². The Hall–Kier alpha value is -2.65. The van der Waals surface area contributed by atoms with Crippen molar-refractivity contribution in [2.24, 2.45) is 0 Å². The molecular formula is C20H20N2O3S. The van der Waals surface area contributed by atoms with Crippen molar-refractivity contribution in [1.82, 2.24) is 0 Å². The Morgan fingerprint density at radius 1 is 1.23 bits per heavy atom. The number of ether oxygens (including phenoxy) is 1. The van der Waals surface area contributed by atoms with Crippen molar-refractivity contribution in [3.63, 3.8) is 0 Å². The van der Waals surface area contributed by atoms with Crippen molar-refractivity contribution in [3.05, 3.63) is 51.2 Å². The number of thiophene rings is 1. The Morgan fingerprint density at radius 2 is 2.00 bits per heavy atom. The van der Waals surface area contributed by atoms with Gasteiger partial charge < -0.3 is 10.1 Å². The topological polar surface area (TPSA) is 79.2 Å². The molecule has 0 radical (unpaired) electrons. The summed E-state index contributed by atoms with van der Waals surface area (Å²) >= 11 is 1.47. The van der Waals surface area contributed by atoms with Crippen LogP contribution in [0, 0.1) is 11.3 Å². The molecule has 1 heterocycles. The number of nitrogens with zero attached hydrogens (tertiary/aromatic N) is 1. The zero-order chi connectivity index (χ0) is 18.5. The normalized spacial score (nSPS) is 14.5. The molecule has 1 aromatic carbocycles. The van der Waals surface area contributed by atoms with Crippen LogP contribution in [0.15, 0.2) is 30.3 Å². The number of benzene rings is 1. The standard InChI is InChI=1S/C20H20N2O3S/c1-13(19(23)22-16-9-6-5-8-15(16)12-21)25-20(24)18-11-14-7-3-2-4-10-17(14)26-18/h5-6,8-9,11,13H,2-4,7,10H2,1H3,(H,22,23). The van der Waals surface area contributed by atoms with Gasteiger partial charge in [-0.1, -0.05) is 18.6 Å². The lowest BCUT2D eigenvalue weighted by Crippen LogP contribution is -2.30. The van der Waals surface area contributed by atoms with Crippen LogP contribution in [0.4, 0.5) is 5.69 Å². The summed E-state index contributed by atoms with van der Waals surface area (Å²) in [6.07, 6.45) is 4.59. The Bertz CT molecular complexity index is 843. The Balaban J connectivity index is 1.64. The molecule has 1 aliphatic rings. The second-order valence-corrected chi connectivity index (χ2v) is 7.45. The maximum absolute atomic E-state index is 12.4. The number of para-hydroxylation sites is 1. The monoisotopic (exact) mass is 368 g/mol. The van der Waals surface area contributed by atoms with Crippen LogP contribution < -0.4 is 5.32 Å². The summed E-state index contributed by atoms with van der Waals surface area (Å²) in [6.45, 7) is 1.53. The van der Waals surface area contributed by atoms with E-state index in [1.807, 2.05) is 12.1 Å². The number of aryl methyl sites for hydroxylation is 2. The number of hydrogen-bond acceptors (Lipinski definition) is 5. The fourth-order valence-corrected chi connectivity index (χ4v) is 4.10. The second kappa shape index (κ2) is 8.15. The lowest BCUT2D eigenvalue weighted by Gasteiger charge is -2.13. The van der Waals surface area contributed by atoms with Crippen LogP contribution in [0.2, 0.25) is 0 Å². The Kier molecular flexibility index (Phi) is 5.69. The Morgan fingerprint density at radius 3 is 2.81 bits per heavy atom. The van der Waals surface area contributed by atoms with Crippen LogP contribution in [-0.2, 0) is 22.4 Å². The van der Waals surface area contributed by atoms with Gasteiger partial charge in [0.15, 0.2) is 6.10 Å². The van der Waals surface area contributed by atoms with Gasteiger partial charge in [0.1, 0.15) is 10.9 Å². The first-order chi connectivity index (χ1) is 12.6. The van der Waals surface area contributed by atoms with Crippen molar-refractivity contribution in [2.75, 3.05) is 5.32 Å².